The van der Waals surface area contributed by atoms with Crippen LogP contribution in [0.4, 0.5) is 0 Å². The standard InChI is InChI=1S/C51H29N3O/c1-2-12-32(13-3-1)49-52-50(34-26-25-30-11-4-5-14-33(30)27-34)54-51(53-49)41-23-9-17-35-36(18-8-19-37(35)41)38-22-10-24-45-48(38)44-28-42-39-20-6-15-31-16-7-21-40(47(31)39)43(42)29-46(44)55-45/h1-29H. The van der Waals surface area contributed by atoms with Crippen LogP contribution >= 0.6 is 0 Å². The molecule has 0 N–H and O–H groups in total. The van der Waals surface area contributed by atoms with E-state index in [1.54, 1.807) is 0 Å². The van der Waals surface area contributed by atoms with Gasteiger partial charge in [0, 0.05) is 27.5 Å². The van der Waals surface area contributed by atoms with Crippen molar-refractivity contribution in [2.24, 2.45) is 0 Å². The molecule has 12 rings (SSSR count). The fraction of sp³-hybridized carbons (Fsp3) is 0. The first-order valence-electron chi connectivity index (χ1n) is 18.6. The molecule has 0 saturated carbocycles. The van der Waals surface area contributed by atoms with E-state index < -0.39 is 0 Å². The Morgan fingerprint density at radius 2 is 0.873 bits per heavy atom. The fourth-order valence-electron chi connectivity index (χ4n) is 8.74. The van der Waals surface area contributed by atoms with E-state index in [9.17, 15) is 0 Å². The smallest absolute Gasteiger partial charge is 0.164 e. The molecule has 254 valence electrons. The van der Waals surface area contributed by atoms with Crippen LogP contribution in [0.1, 0.15) is 0 Å². The minimum atomic E-state index is 0.635. The van der Waals surface area contributed by atoms with Gasteiger partial charge in [0.15, 0.2) is 17.5 Å². The lowest BCUT2D eigenvalue weighted by Crippen LogP contribution is -2.00. The van der Waals surface area contributed by atoms with Crippen LogP contribution < -0.4 is 0 Å². The van der Waals surface area contributed by atoms with Crippen LogP contribution in [0.15, 0.2) is 180 Å². The second kappa shape index (κ2) is 11.5. The third-order valence-corrected chi connectivity index (χ3v) is 11.2. The molecule has 55 heavy (non-hydrogen) atoms. The molecule has 0 fully saturated rings. The summed E-state index contributed by atoms with van der Waals surface area (Å²) in [6, 6.07) is 62.0. The van der Waals surface area contributed by atoms with E-state index in [2.05, 4.69) is 158 Å². The maximum Gasteiger partial charge on any atom is 0.164 e. The lowest BCUT2D eigenvalue weighted by atomic mass is 9.92. The number of aromatic nitrogens is 3. The largest absolute Gasteiger partial charge is 0.456 e. The minimum Gasteiger partial charge on any atom is -0.456 e. The van der Waals surface area contributed by atoms with Crippen molar-refractivity contribution < 1.29 is 4.42 Å². The van der Waals surface area contributed by atoms with Crippen LogP contribution in [-0.2, 0) is 0 Å². The van der Waals surface area contributed by atoms with Crippen molar-refractivity contribution in [1.82, 2.24) is 15.0 Å². The van der Waals surface area contributed by atoms with Crippen LogP contribution in [0.3, 0.4) is 0 Å². The molecule has 4 heteroatoms. The first kappa shape index (κ1) is 30.1. The fourth-order valence-corrected chi connectivity index (χ4v) is 8.74. The maximum absolute atomic E-state index is 6.65. The Labute approximate surface area is 316 Å². The second-order valence-corrected chi connectivity index (χ2v) is 14.3. The Kier molecular flexibility index (Phi) is 6.31. The highest BCUT2D eigenvalue weighted by Gasteiger charge is 2.24. The predicted molar refractivity (Wildman–Crippen MR) is 226 cm³/mol. The third kappa shape index (κ3) is 4.55. The molecular formula is C51H29N3O. The number of fused-ring (bicyclic) bond motifs is 8. The van der Waals surface area contributed by atoms with Crippen molar-refractivity contribution in [2.45, 2.75) is 0 Å². The molecule has 2 heterocycles. The van der Waals surface area contributed by atoms with Crippen LogP contribution in [0, 0.1) is 0 Å². The Balaban J connectivity index is 1.06. The zero-order valence-corrected chi connectivity index (χ0v) is 29.5. The molecule has 11 aromatic rings. The average molecular weight is 700 g/mol. The molecule has 1 aliphatic rings. The molecule has 9 aromatic carbocycles. The monoisotopic (exact) mass is 699 g/mol. The number of furan rings is 1. The van der Waals surface area contributed by atoms with E-state index in [0.717, 1.165) is 65.9 Å². The molecule has 1 aliphatic carbocycles. The molecule has 0 atom stereocenters. The van der Waals surface area contributed by atoms with Crippen molar-refractivity contribution >= 4 is 54.3 Å². The summed E-state index contributed by atoms with van der Waals surface area (Å²) in [5.74, 6) is 1.92. The summed E-state index contributed by atoms with van der Waals surface area (Å²) >= 11 is 0. The molecule has 0 aliphatic heterocycles. The van der Waals surface area contributed by atoms with Crippen molar-refractivity contribution in [3.63, 3.8) is 0 Å². The Morgan fingerprint density at radius 3 is 1.67 bits per heavy atom. The minimum absolute atomic E-state index is 0.635. The molecule has 0 bridgehead atoms. The third-order valence-electron chi connectivity index (χ3n) is 11.2. The van der Waals surface area contributed by atoms with Crippen molar-refractivity contribution in [1.29, 1.82) is 0 Å². The first-order chi connectivity index (χ1) is 27.2. The average Bonchev–Trinajstić information content (AvgIpc) is 3.78. The van der Waals surface area contributed by atoms with Gasteiger partial charge < -0.3 is 4.42 Å². The van der Waals surface area contributed by atoms with Gasteiger partial charge in [0.2, 0.25) is 0 Å². The first-order valence-corrected chi connectivity index (χ1v) is 18.6. The van der Waals surface area contributed by atoms with Gasteiger partial charge in [0.25, 0.3) is 0 Å². The second-order valence-electron chi connectivity index (χ2n) is 14.3. The molecule has 0 spiro atoms. The number of rotatable bonds is 4. The summed E-state index contributed by atoms with van der Waals surface area (Å²) in [4.78, 5) is 15.3. The zero-order chi connectivity index (χ0) is 36.0. The lowest BCUT2D eigenvalue weighted by Gasteiger charge is -2.13. The SMILES string of the molecule is c1ccc(-c2nc(-c3ccc4ccccc4c3)nc(-c3cccc4c(-c5cccc6oc7cc8c(cc7c56)-c5cccc6cccc-8c56)cccc34)n2)cc1. The molecule has 0 amide bonds. The normalized spacial score (nSPS) is 12.0. The van der Waals surface area contributed by atoms with E-state index in [1.807, 2.05) is 18.2 Å². The van der Waals surface area contributed by atoms with Crippen molar-refractivity contribution in [3.8, 4) is 67.5 Å². The maximum atomic E-state index is 6.65. The van der Waals surface area contributed by atoms with Crippen molar-refractivity contribution in [3.05, 3.63) is 176 Å². The summed E-state index contributed by atoms with van der Waals surface area (Å²) < 4.78 is 6.65. The van der Waals surface area contributed by atoms with Gasteiger partial charge >= 0.3 is 0 Å². The molecule has 0 unspecified atom stereocenters. The molecule has 0 radical (unpaired) electrons. The van der Waals surface area contributed by atoms with Gasteiger partial charge in [0.05, 0.1) is 0 Å². The Bertz CT molecular complexity index is 3380. The molecule has 2 aromatic heterocycles. The van der Waals surface area contributed by atoms with Gasteiger partial charge in [-0.1, -0.05) is 152 Å². The van der Waals surface area contributed by atoms with Crippen LogP contribution in [0.5, 0.6) is 0 Å². The van der Waals surface area contributed by atoms with E-state index >= 15 is 0 Å². The van der Waals surface area contributed by atoms with Gasteiger partial charge in [-0.2, -0.15) is 0 Å². The van der Waals surface area contributed by atoms with E-state index in [-0.39, 0.29) is 0 Å². The van der Waals surface area contributed by atoms with Crippen molar-refractivity contribution in [2.75, 3.05) is 0 Å². The molecule has 0 saturated heterocycles. The van der Waals surface area contributed by atoms with Gasteiger partial charge in [-0.3, -0.25) is 0 Å². The topological polar surface area (TPSA) is 51.8 Å². The Hall–Kier alpha value is -7.43. The Morgan fingerprint density at radius 1 is 0.291 bits per heavy atom. The number of benzene rings is 9. The van der Waals surface area contributed by atoms with Gasteiger partial charge in [-0.05, 0) is 90.0 Å². The van der Waals surface area contributed by atoms with Crippen LogP contribution in [0.2, 0.25) is 0 Å². The predicted octanol–water partition coefficient (Wildman–Crippen LogP) is 13.5. The van der Waals surface area contributed by atoms with E-state index in [4.69, 9.17) is 19.4 Å². The van der Waals surface area contributed by atoms with Gasteiger partial charge in [0.1, 0.15) is 11.2 Å². The molecular weight excluding hydrogens is 671 g/mol. The quantitative estimate of drug-likeness (QED) is 0.183. The summed E-state index contributed by atoms with van der Waals surface area (Å²) in [6.07, 6.45) is 0. The number of nitrogens with zero attached hydrogens (tertiary/aromatic N) is 3. The number of hydrogen-bond acceptors (Lipinski definition) is 4. The highest BCUT2D eigenvalue weighted by molar-refractivity contribution is 6.22. The number of hydrogen-bond donors (Lipinski definition) is 0. The summed E-state index contributed by atoms with van der Waals surface area (Å²) in [5.41, 5.74) is 11.9. The summed E-state index contributed by atoms with van der Waals surface area (Å²) in [6.45, 7) is 0. The zero-order valence-electron chi connectivity index (χ0n) is 29.5. The van der Waals surface area contributed by atoms with Crippen LogP contribution in [0.25, 0.3) is 122 Å². The van der Waals surface area contributed by atoms with Gasteiger partial charge in [-0.15, -0.1) is 0 Å². The summed E-state index contributed by atoms with van der Waals surface area (Å²) in [7, 11) is 0. The van der Waals surface area contributed by atoms with E-state index in [1.165, 1.54) is 38.4 Å². The van der Waals surface area contributed by atoms with Crippen LogP contribution in [-0.4, -0.2) is 15.0 Å². The van der Waals surface area contributed by atoms with E-state index in [0.29, 0.717) is 17.5 Å². The molecule has 4 nitrogen and oxygen atoms in total. The lowest BCUT2D eigenvalue weighted by molar-refractivity contribution is 0.669. The highest BCUT2D eigenvalue weighted by Crippen LogP contribution is 2.50. The van der Waals surface area contributed by atoms with Gasteiger partial charge in [-0.25, -0.2) is 15.0 Å². The highest BCUT2D eigenvalue weighted by atomic mass is 16.3. The summed E-state index contributed by atoms with van der Waals surface area (Å²) in [5, 5.41) is 9.33.